The molecule has 1 aliphatic heterocycles. The van der Waals surface area contributed by atoms with Crippen molar-refractivity contribution in [1.29, 1.82) is 0 Å². The molecule has 1 fully saturated rings. The minimum atomic E-state index is 0. The first-order valence-corrected chi connectivity index (χ1v) is 9.45. The fourth-order valence-corrected chi connectivity index (χ4v) is 3.85. The first-order valence-electron chi connectivity index (χ1n) is 8.57. The third kappa shape index (κ3) is 3.34. The Hall–Kier alpha value is -1.96. The summed E-state index contributed by atoms with van der Waals surface area (Å²) in [5, 5.41) is 10.6. The van der Waals surface area contributed by atoms with E-state index in [4.69, 9.17) is 4.98 Å². The van der Waals surface area contributed by atoms with Crippen LogP contribution in [0.5, 0.6) is 0 Å². The predicted octanol–water partition coefficient (Wildman–Crippen LogP) is 3.21. The summed E-state index contributed by atoms with van der Waals surface area (Å²) in [5.74, 6) is 0.0648. The minimum Gasteiger partial charge on any atom is -0.336 e. The van der Waals surface area contributed by atoms with E-state index < -0.39 is 0 Å². The fourth-order valence-electron chi connectivity index (χ4n) is 3.16. The molecule has 1 N–H and O–H groups in total. The Labute approximate surface area is 162 Å². The fraction of sp³-hybridized carbons (Fsp3) is 0.389. The van der Waals surface area contributed by atoms with Crippen LogP contribution in [0.2, 0.25) is 0 Å². The number of nitrogens with one attached hydrogen (secondary N) is 1. The number of rotatable bonds is 3. The number of aromatic nitrogens is 3. The highest BCUT2D eigenvalue weighted by atomic mass is 35.5. The molecule has 0 bridgehead atoms. The lowest BCUT2D eigenvalue weighted by atomic mass is 10.1. The molecular weight excluding hydrogens is 370 g/mol. The number of piperazine rings is 1. The van der Waals surface area contributed by atoms with Crippen molar-refractivity contribution in [2.45, 2.75) is 19.9 Å². The van der Waals surface area contributed by atoms with Gasteiger partial charge < -0.3 is 10.2 Å². The number of carbonyl (C=O) groups excluding carboxylic acids is 1. The Balaban J connectivity index is 0.00000196. The molecule has 26 heavy (non-hydrogen) atoms. The highest BCUT2D eigenvalue weighted by Gasteiger charge is 2.23. The van der Waals surface area contributed by atoms with Crippen molar-refractivity contribution < 1.29 is 4.79 Å². The predicted molar refractivity (Wildman–Crippen MR) is 107 cm³/mol. The molecule has 0 atom stereocenters. The number of hydrogen-bond donors (Lipinski definition) is 1. The van der Waals surface area contributed by atoms with Crippen molar-refractivity contribution in [2.24, 2.45) is 0 Å². The molecule has 0 aromatic carbocycles. The quantitative estimate of drug-likeness (QED) is 0.744. The first-order chi connectivity index (χ1) is 12.1. The first kappa shape index (κ1) is 18.8. The van der Waals surface area contributed by atoms with E-state index >= 15 is 0 Å². The standard InChI is InChI=1S/C18H21N5OS.ClH/c1-12(2)23-17-14(11-20-23)13(18(24)22-7-5-19-6-8-22)10-15(21-17)16-4-3-9-25-16;/h3-4,9-12,19H,5-8H2,1-2H3;1H. The number of pyridine rings is 1. The Morgan fingerprint density at radius 2 is 2.08 bits per heavy atom. The highest BCUT2D eigenvalue weighted by molar-refractivity contribution is 7.13. The van der Waals surface area contributed by atoms with Crippen molar-refractivity contribution >= 4 is 40.7 Å². The van der Waals surface area contributed by atoms with Crippen molar-refractivity contribution in [2.75, 3.05) is 26.2 Å². The SMILES string of the molecule is CC(C)n1ncc2c(C(=O)N3CCNCC3)cc(-c3cccs3)nc21.Cl. The molecule has 0 radical (unpaired) electrons. The molecule has 138 valence electrons. The third-order valence-corrected chi connectivity index (χ3v) is 5.36. The lowest BCUT2D eigenvalue weighted by Gasteiger charge is -2.27. The number of carbonyl (C=O) groups is 1. The molecule has 3 aromatic rings. The second kappa shape index (κ2) is 7.73. The van der Waals surface area contributed by atoms with Gasteiger partial charge in [-0.2, -0.15) is 5.10 Å². The van der Waals surface area contributed by atoms with E-state index in [-0.39, 0.29) is 24.4 Å². The number of amides is 1. The van der Waals surface area contributed by atoms with Gasteiger partial charge in [0.1, 0.15) is 0 Å². The van der Waals surface area contributed by atoms with Crippen LogP contribution in [0.3, 0.4) is 0 Å². The van der Waals surface area contributed by atoms with E-state index in [2.05, 4.69) is 24.3 Å². The highest BCUT2D eigenvalue weighted by Crippen LogP contribution is 2.29. The largest absolute Gasteiger partial charge is 0.336 e. The van der Waals surface area contributed by atoms with Gasteiger partial charge in [0.25, 0.3) is 5.91 Å². The molecule has 0 saturated carbocycles. The van der Waals surface area contributed by atoms with Crippen molar-refractivity contribution in [3.63, 3.8) is 0 Å². The zero-order chi connectivity index (χ0) is 17.4. The summed E-state index contributed by atoms with van der Waals surface area (Å²) in [6.45, 7) is 7.28. The molecule has 3 aromatic heterocycles. The molecule has 0 unspecified atom stereocenters. The molecule has 6 nitrogen and oxygen atoms in total. The molecule has 1 aliphatic rings. The molecule has 0 spiro atoms. The van der Waals surface area contributed by atoms with Crippen LogP contribution in [-0.2, 0) is 0 Å². The average Bonchev–Trinajstić information content (AvgIpc) is 3.30. The van der Waals surface area contributed by atoms with Crippen LogP contribution in [0.1, 0.15) is 30.2 Å². The zero-order valence-electron chi connectivity index (χ0n) is 14.8. The smallest absolute Gasteiger partial charge is 0.254 e. The van der Waals surface area contributed by atoms with Crippen LogP contribution in [0.25, 0.3) is 21.6 Å². The van der Waals surface area contributed by atoms with Crippen LogP contribution in [0, 0.1) is 0 Å². The van der Waals surface area contributed by atoms with Crippen molar-refractivity contribution in [1.82, 2.24) is 25.0 Å². The molecule has 4 rings (SSSR count). The minimum absolute atomic E-state index is 0. The van der Waals surface area contributed by atoms with Gasteiger partial charge in [0.05, 0.1) is 27.7 Å². The van der Waals surface area contributed by atoms with E-state index in [9.17, 15) is 4.79 Å². The van der Waals surface area contributed by atoms with Gasteiger partial charge in [-0.05, 0) is 31.4 Å². The summed E-state index contributed by atoms with van der Waals surface area (Å²) in [7, 11) is 0. The van der Waals surface area contributed by atoms with Crippen LogP contribution in [0.15, 0.2) is 29.8 Å². The Bertz CT molecular complexity index is 900. The van der Waals surface area contributed by atoms with Crippen LogP contribution in [0.4, 0.5) is 0 Å². The number of thiophene rings is 1. The second-order valence-electron chi connectivity index (χ2n) is 6.49. The van der Waals surface area contributed by atoms with Gasteiger partial charge in [0, 0.05) is 32.2 Å². The normalized spacial score (nSPS) is 14.7. The molecule has 1 amide bonds. The van der Waals surface area contributed by atoms with Gasteiger partial charge in [0.2, 0.25) is 0 Å². The van der Waals surface area contributed by atoms with E-state index in [1.807, 2.05) is 33.2 Å². The summed E-state index contributed by atoms with van der Waals surface area (Å²) >= 11 is 1.63. The van der Waals surface area contributed by atoms with Gasteiger partial charge in [-0.15, -0.1) is 23.7 Å². The van der Waals surface area contributed by atoms with Gasteiger partial charge >= 0.3 is 0 Å². The van der Waals surface area contributed by atoms with Crippen molar-refractivity contribution in [3.05, 3.63) is 35.3 Å². The summed E-state index contributed by atoms with van der Waals surface area (Å²) in [6, 6.07) is 6.15. The average molecular weight is 392 g/mol. The Kier molecular flexibility index (Phi) is 5.60. The summed E-state index contributed by atoms with van der Waals surface area (Å²) < 4.78 is 1.89. The summed E-state index contributed by atoms with van der Waals surface area (Å²) in [4.78, 5) is 20.9. The van der Waals surface area contributed by atoms with Crippen LogP contribution in [-0.4, -0.2) is 51.8 Å². The van der Waals surface area contributed by atoms with E-state index in [1.54, 1.807) is 17.5 Å². The van der Waals surface area contributed by atoms with Crippen LogP contribution < -0.4 is 5.32 Å². The maximum atomic E-state index is 13.2. The molecular formula is C18H22ClN5OS. The number of hydrogen-bond acceptors (Lipinski definition) is 5. The molecule has 1 saturated heterocycles. The molecule has 0 aliphatic carbocycles. The lowest BCUT2D eigenvalue weighted by Crippen LogP contribution is -2.46. The maximum absolute atomic E-state index is 13.2. The van der Waals surface area contributed by atoms with Gasteiger partial charge in [-0.25, -0.2) is 9.67 Å². The third-order valence-electron chi connectivity index (χ3n) is 4.46. The van der Waals surface area contributed by atoms with E-state index in [0.717, 1.165) is 47.8 Å². The Morgan fingerprint density at radius 3 is 2.73 bits per heavy atom. The van der Waals surface area contributed by atoms with Gasteiger partial charge in [-0.1, -0.05) is 6.07 Å². The summed E-state index contributed by atoms with van der Waals surface area (Å²) in [5.41, 5.74) is 2.31. The second-order valence-corrected chi connectivity index (χ2v) is 7.44. The Morgan fingerprint density at radius 1 is 1.31 bits per heavy atom. The molecule has 8 heteroatoms. The molecule has 4 heterocycles. The number of fused-ring (bicyclic) bond motifs is 1. The zero-order valence-corrected chi connectivity index (χ0v) is 16.4. The van der Waals surface area contributed by atoms with E-state index in [1.165, 1.54) is 0 Å². The van der Waals surface area contributed by atoms with E-state index in [0.29, 0.717) is 5.56 Å². The summed E-state index contributed by atoms with van der Waals surface area (Å²) in [6.07, 6.45) is 1.77. The van der Waals surface area contributed by atoms with Gasteiger partial charge in [-0.3, -0.25) is 4.79 Å². The number of nitrogens with zero attached hydrogens (tertiary/aromatic N) is 4. The van der Waals surface area contributed by atoms with Crippen molar-refractivity contribution in [3.8, 4) is 10.6 Å². The van der Waals surface area contributed by atoms with Crippen LogP contribution >= 0.6 is 23.7 Å². The lowest BCUT2D eigenvalue weighted by molar-refractivity contribution is 0.0738. The maximum Gasteiger partial charge on any atom is 0.254 e. The van der Waals surface area contributed by atoms with Gasteiger partial charge in [0.15, 0.2) is 5.65 Å². The monoisotopic (exact) mass is 391 g/mol. The topological polar surface area (TPSA) is 63.1 Å². The number of halogens is 1.